The predicted molar refractivity (Wildman–Crippen MR) is 93.9 cm³/mol. The van der Waals surface area contributed by atoms with E-state index < -0.39 is 5.97 Å². The van der Waals surface area contributed by atoms with Gasteiger partial charge in [-0.05, 0) is 13.5 Å². The average Bonchev–Trinajstić information content (AvgIpc) is 3.14. The third-order valence-corrected chi connectivity index (χ3v) is 5.91. The first-order valence-corrected chi connectivity index (χ1v) is 9.66. The summed E-state index contributed by atoms with van der Waals surface area (Å²) in [5.74, 6) is -0.0885. The molecule has 24 heavy (non-hydrogen) atoms. The van der Waals surface area contributed by atoms with E-state index in [4.69, 9.17) is 9.84 Å². The number of likely N-dealkylation sites (N-methyl/N-ethyl adjacent to an activating group) is 1. The number of aromatic nitrogens is 1. The summed E-state index contributed by atoms with van der Waals surface area (Å²) >= 11 is 2.83. The molecule has 0 unspecified atom stereocenters. The molecular formula is C15H23N3O4S2. The summed E-state index contributed by atoms with van der Waals surface area (Å²) in [6.45, 7) is 3.04. The van der Waals surface area contributed by atoms with Crippen molar-refractivity contribution in [2.24, 2.45) is 0 Å². The smallest absolute Gasteiger partial charge is 0.355 e. The van der Waals surface area contributed by atoms with Crippen molar-refractivity contribution in [2.45, 2.75) is 23.2 Å². The predicted octanol–water partition coefficient (Wildman–Crippen LogP) is 1.50. The van der Waals surface area contributed by atoms with E-state index in [0.717, 1.165) is 29.6 Å². The van der Waals surface area contributed by atoms with Gasteiger partial charge in [-0.25, -0.2) is 9.78 Å². The summed E-state index contributed by atoms with van der Waals surface area (Å²) in [6, 6.07) is 0.242. The molecule has 1 aliphatic rings. The number of likely N-dealkylation sites (tertiary alicyclic amines) is 1. The highest BCUT2D eigenvalue weighted by Crippen LogP contribution is 2.25. The van der Waals surface area contributed by atoms with Crippen LogP contribution in [-0.4, -0.2) is 84.0 Å². The topological polar surface area (TPSA) is 83.0 Å². The van der Waals surface area contributed by atoms with Crippen molar-refractivity contribution in [2.75, 3.05) is 46.2 Å². The Hall–Kier alpha value is -1.16. The van der Waals surface area contributed by atoms with Gasteiger partial charge in [0.2, 0.25) is 5.91 Å². The zero-order chi connectivity index (χ0) is 17.5. The molecular weight excluding hydrogens is 350 g/mol. The molecule has 1 aliphatic heterocycles. The van der Waals surface area contributed by atoms with Crippen LogP contribution in [0.15, 0.2) is 9.72 Å². The molecule has 1 N–H and O–H groups in total. The standard InChI is InChI=1S/C15H23N3O4S2/c1-17(5-7-22-2)9-11-3-4-13(19)18(11)6-8-23-15-16-12(10-24-15)14(20)21/h10-11H,3-9H2,1-2H3,(H,20,21)/t11-/m1/s1. The Morgan fingerprint density at radius 1 is 1.62 bits per heavy atom. The Labute approximate surface area is 150 Å². The third-order valence-electron chi connectivity index (χ3n) is 3.91. The van der Waals surface area contributed by atoms with Gasteiger partial charge in [-0.15, -0.1) is 11.3 Å². The molecule has 2 rings (SSSR count). The van der Waals surface area contributed by atoms with Gasteiger partial charge in [0.05, 0.1) is 6.61 Å². The fourth-order valence-electron chi connectivity index (χ4n) is 2.64. The van der Waals surface area contributed by atoms with Crippen LogP contribution in [0.25, 0.3) is 0 Å². The molecule has 1 atom stereocenters. The fraction of sp³-hybridized carbons (Fsp3) is 0.667. The molecule has 0 radical (unpaired) electrons. The van der Waals surface area contributed by atoms with Crippen LogP contribution >= 0.6 is 23.1 Å². The molecule has 1 saturated heterocycles. The van der Waals surface area contributed by atoms with E-state index in [1.54, 1.807) is 12.5 Å². The Bertz CT molecular complexity index is 567. The van der Waals surface area contributed by atoms with Crippen molar-refractivity contribution in [1.29, 1.82) is 0 Å². The van der Waals surface area contributed by atoms with Crippen LogP contribution in [0.2, 0.25) is 0 Å². The second-order valence-electron chi connectivity index (χ2n) is 5.69. The fourth-order valence-corrected chi connectivity index (χ4v) is 4.45. The summed E-state index contributed by atoms with van der Waals surface area (Å²) in [4.78, 5) is 31.1. The first-order chi connectivity index (χ1) is 11.5. The van der Waals surface area contributed by atoms with Gasteiger partial charge in [0.25, 0.3) is 0 Å². The summed E-state index contributed by atoms with van der Waals surface area (Å²) in [7, 11) is 3.72. The monoisotopic (exact) mass is 373 g/mol. The van der Waals surface area contributed by atoms with Crippen LogP contribution in [0.1, 0.15) is 23.3 Å². The molecule has 0 saturated carbocycles. The van der Waals surface area contributed by atoms with E-state index in [0.29, 0.717) is 19.6 Å². The maximum atomic E-state index is 12.1. The number of hydrogen-bond donors (Lipinski definition) is 1. The first kappa shape index (κ1) is 19.2. The highest BCUT2D eigenvalue weighted by Gasteiger charge is 2.31. The molecule has 0 bridgehead atoms. The third kappa shape index (κ3) is 5.44. The Morgan fingerprint density at radius 2 is 2.42 bits per heavy atom. The molecule has 7 nitrogen and oxygen atoms in total. The molecule has 134 valence electrons. The number of carboxylic acids is 1. The maximum Gasteiger partial charge on any atom is 0.355 e. The number of carboxylic acid groups (broad SMARTS) is 1. The molecule has 0 aliphatic carbocycles. The molecule has 0 aromatic carbocycles. The number of amides is 1. The van der Waals surface area contributed by atoms with E-state index in [9.17, 15) is 9.59 Å². The number of ether oxygens (including phenoxy) is 1. The van der Waals surface area contributed by atoms with Crippen LogP contribution in [0.3, 0.4) is 0 Å². The quantitative estimate of drug-likeness (QED) is 0.622. The van der Waals surface area contributed by atoms with Crippen molar-refractivity contribution in [3.8, 4) is 0 Å². The van der Waals surface area contributed by atoms with Gasteiger partial charge in [-0.3, -0.25) is 4.79 Å². The number of thioether (sulfide) groups is 1. The van der Waals surface area contributed by atoms with Crippen molar-refractivity contribution < 1.29 is 19.4 Å². The minimum atomic E-state index is -1.01. The van der Waals surface area contributed by atoms with E-state index in [1.807, 2.05) is 11.9 Å². The Balaban J connectivity index is 1.80. The number of carbonyl (C=O) groups is 2. The lowest BCUT2D eigenvalue weighted by molar-refractivity contribution is -0.128. The zero-order valence-corrected chi connectivity index (χ0v) is 15.6. The average molecular weight is 374 g/mol. The zero-order valence-electron chi connectivity index (χ0n) is 13.9. The van der Waals surface area contributed by atoms with Gasteiger partial charge in [0, 0.05) is 50.3 Å². The Morgan fingerprint density at radius 3 is 3.08 bits per heavy atom. The van der Waals surface area contributed by atoms with E-state index in [-0.39, 0.29) is 17.6 Å². The number of methoxy groups -OCH3 is 1. The van der Waals surface area contributed by atoms with Crippen molar-refractivity contribution in [3.05, 3.63) is 11.1 Å². The second-order valence-corrected chi connectivity index (χ2v) is 7.89. The largest absolute Gasteiger partial charge is 0.476 e. The minimum absolute atomic E-state index is 0.0809. The molecule has 1 fully saturated rings. The number of hydrogen-bond acceptors (Lipinski definition) is 7. The van der Waals surface area contributed by atoms with Gasteiger partial charge >= 0.3 is 5.97 Å². The van der Waals surface area contributed by atoms with Gasteiger partial charge in [-0.2, -0.15) is 0 Å². The van der Waals surface area contributed by atoms with Gasteiger partial charge in [0.1, 0.15) is 0 Å². The minimum Gasteiger partial charge on any atom is -0.476 e. The molecule has 1 aromatic rings. The van der Waals surface area contributed by atoms with Crippen LogP contribution in [0, 0.1) is 0 Å². The lowest BCUT2D eigenvalue weighted by Crippen LogP contribution is -2.42. The Kier molecular flexibility index (Phi) is 7.47. The van der Waals surface area contributed by atoms with Gasteiger partial charge in [0.15, 0.2) is 10.0 Å². The van der Waals surface area contributed by atoms with E-state index >= 15 is 0 Å². The lowest BCUT2D eigenvalue weighted by Gasteiger charge is -2.28. The second kappa shape index (κ2) is 9.36. The van der Waals surface area contributed by atoms with Crippen LogP contribution in [-0.2, 0) is 9.53 Å². The summed E-state index contributed by atoms with van der Waals surface area (Å²) in [5, 5.41) is 10.4. The number of thiazole rings is 1. The summed E-state index contributed by atoms with van der Waals surface area (Å²) in [6.07, 6.45) is 1.50. The maximum absolute atomic E-state index is 12.1. The molecule has 2 heterocycles. The summed E-state index contributed by atoms with van der Waals surface area (Å²) < 4.78 is 5.81. The number of nitrogens with zero attached hydrogens (tertiary/aromatic N) is 3. The lowest BCUT2D eigenvalue weighted by atomic mass is 10.2. The van der Waals surface area contributed by atoms with Crippen LogP contribution in [0.4, 0.5) is 0 Å². The SMILES string of the molecule is COCCN(C)C[C@H]1CCC(=O)N1CCSc1nc(C(=O)O)cs1. The number of rotatable bonds is 10. The van der Waals surface area contributed by atoms with Crippen LogP contribution in [0.5, 0.6) is 0 Å². The van der Waals surface area contributed by atoms with Crippen molar-refractivity contribution in [3.63, 3.8) is 0 Å². The molecule has 1 amide bonds. The number of carbonyl (C=O) groups excluding carboxylic acids is 1. The van der Waals surface area contributed by atoms with E-state index in [2.05, 4.69) is 9.88 Å². The molecule has 1 aromatic heterocycles. The normalized spacial score (nSPS) is 17.9. The van der Waals surface area contributed by atoms with Crippen molar-refractivity contribution >= 4 is 35.0 Å². The van der Waals surface area contributed by atoms with Crippen molar-refractivity contribution in [1.82, 2.24) is 14.8 Å². The highest BCUT2D eigenvalue weighted by atomic mass is 32.2. The highest BCUT2D eigenvalue weighted by molar-refractivity contribution is 8.01. The van der Waals surface area contributed by atoms with E-state index in [1.165, 1.54) is 23.1 Å². The molecule has 9 heteroatoms. The molecule has 0 spiro atoms. The van der Waals surface area contributed by atoms with Crippen LogP contribution < -0.4 is 0 Å². The number of aromatic carboxylic acids is 1. The first-order valence-electron chi connectivity index (χ1n) is 7.80. The van der Waals surface area contributed by atoms with Gasteiger partial charge in [-0.1, -0.05) is 11.8 Å². The summed E-state index contributed by atoms with van der Waals surface area (Å²) in [5.41, 5.74) is 0.0809. The van der Waals surface area contributed by atoms with Gasteiger partial charge < -0.3 is 19.6 Å².